The molecule has 8 unspecified atom stereocenters. The van der Waals surface area contributed by atoms with Crippen LogP contribution in [0.2, 0.25) is 0 Å². The smallest absolute Gasteiger partial charge is 0.0582 e. The van der Waals surface area contributed by atoms with Crippen LogP contribution < -0.4 is 40.1 Å². The summed E-state index contributed by atoms with van der Waals surface area (Å²) in [7, 11) is 0. The van der Waals surface area contributed by atoms with Crippen molar-refractivity contribution in [2.45, 2.75) is 108 Å². The summed E-state index contributed by atoms with van der Waals surface area (Å²) in [4.78, 5) is 1.41. The topological polar surface area (TPSA) is 182 Å². The molecule has 1 aliphatic heterocycles. The highest BCUT2D eigenvalue weighted by Crippen LogP contribution is 2.47. The summed E-state index contributed by atoms with van der Waals surface area (Å²) in [5, 5.41) is 0.0727. The molecule has 0 aromatic rings. The van der Waals surface area contributed by atoms with E-state index in [2.05, 4.69) is 27.7 Å². The summed E-state index contributed by atoms with van der Waals surface area (Å²) < 4.78 is 0. The van der Waals surface area contributed by atoms with E-state index in [-0.39, 0.29) is 35.2 Å². The third-order valence-electron chi connectivity index (χ3n) is 7.67. The van der Waals surface area contributed by atoms with Gasteiger partial charge in [-0.05, 0) is 75.0 Å². The Morgan fingerprint density at radius 3 is 2.18 bits per heavy atom. The van der Waals surface area contributed by atoms with E-state index in [9.17, 15) is 0 Å². The lowest BCUT2D eigenvalue weighted by Crippen LogP contribution is -2.67. The van der Waals surface area contributed by atoms with Crippen molar-refractivity contribution < 1.29 is 0 Å². The van der Waals surface area contributed by atoms with Crippen LogP contribution in [0, 0.1) is 17.8 Å². The minimum absolute atomic E-state index is 0.00916. The van der Waals surface area contributed by atoms with Crippen molar-refractivity contribution in [1.82, 2.24) is 0 Å². The molecule has 9 heteroatoms. The quantitative estimate of drug-likeness (QED) is 0.142. The van der Waals surface area contributed by atoms with E-state index in [1.165, 1.54) is 10.5 Å². The maximum atomic E-state index is 7.21. The first-order valence-corrected chi connectivity index (χ1v) is 15.2. The average molecular weight is 518 g/mol. The van der Waals surface area contributed by atoms with Crippen molar-refractivity contribution in [2.75, 3.05) is 18.1 Å². The summed E-state index contributed by atoms with van der Waals surface area (Å²) in [6.45, 7) is 11.2. The molecule has 0 aromatic carbocycles. The third kappa shape index (κ3) is 8.63. The molecule has 0 aromatic heterocycles. The van der Waals surface area contributed by atoms with E-state index in [1.54, 1.807) is 0 Å². The molecule has 0 amide bonds. The Balaban J connectivity index is 3.47. The molecular weight excluding hydrogens is 462 g/mol. The van der Waals surface area contributed by atoms with Gasteiger partial charge in [-0.3, -0.25) is 0 Å². The number of hydrogen-bond donors (Lipinski definition) is 7. The van der Waals surface area contributed by atoms with Crippen molar-refractivity contribution >= 4 is 23.5 Å². The van der Waals surface area contributed by atoms with Crippen LogP contribution in [0.1, 0.15) is 73.1 Å². The molecular formula is C25H55N7S2. The zero-order valence-corrected chi connectivity index (χ0v) is 24.0. The van der Waals surface area contributed by atoms with Gasteiger partial charge in [0.25, 0.3) is 0 Å². The fourth-order valence-corrected chi connectivity index (χ4v) is 8.66. The van der Waals surface area contributed by atoms with Crippen LogP contribution in [0.15, 0.2) is 10.5 Å². The predicted octanol–water partition coefficient (Wildman–Crippen LogP) is 2.26. The van der Waals surface area contributed by atoms with Crippen molar-refractivity contribution in [3.05, 3.63) is 10.5 Å². The van der Waals surface area contributed by atoms with Crippen LogP contribution in [0.4, 0.5) is 0 Å². The molecule has 8 atom stereocenters. The van der Waals surface area contributed by atoms with Crippen molar-refractivity contribution in [1.29, 1.82) is 0 Å². The summed E-state index contributed by atoms with van der Waals surface area (Å²) >= 11 is 3.83. The summed E-state index contributed by atoms with van der Waals surface area (Å²) in [5.41, 5.74) is 46.5. The maximum Gasteiger partial charge on any atom is 0.0582 e. The molecule has 0 aliphatic carbocycles. The van der Waals surface area contributed by atoms with E-state index < -0.39 is 11.7 Å². The second-order valence-corrected chi connectivity index (χ2v) is 12.9. The van der Waals surface area contributed by atoms with Gasteiger partial charge in [0.15, 0.2) is 0 Å². The van der Waals surface area contributed by atoms with Gasteiger partial charge in [-0.1, -0.05) is 32.8 Å². The lowest BCUT2D eigenvalue weighted by Gasteiger charge is -2.47. The van der Waals surface area contributed by atoms with Crippen LogP contribution >= 0.6 is 23.5 Å². The first kappa shape index (κ1) is 32.2. The van der Waals surface area contributed by atoms with Crippen LogP contribution in [0.3, 0.4) is 0 Å². The number of thioether (sulfide) groups is 2. The van der Waals surface area contributed by atoms with E-state index in [0.29, 0.717) is 12.5 Å². The zero-order chi connectivity index (χ0) is 26.1. The Bertz CT molecular complexity index is 614. The van der Waals surface area contributed by atoms with Crippen LogP contribution in [-0.4, -0.2) is 53.1 Å². The fraction of sp³-hybridized carbons (Fsp3) is 0.920. The lowest BCUT2D eigenvalue weighted by atomic mass is 9.71. The van der Waals surface area contributed by atoms with Crippen LogP contribution in [-0.2, 0) is 0 Å². The van der Waals surface area contributed by atoms with Crippen LogP contribution in [0.5, 0.6) is 0 Å². The van der Waals surface area contributed by atoms with Crippen molar-refractivity contribution in [2.24, 2.45) is 57.9 Å². The molecule has 0 spiro atoms. The number of rotatable bonds is 17. The molecule has 1 aliphatic rings. The zero-order valence-electron chi connectivity index (χ0n) is 22.3. The van der Waals surface area contributed by atoms with Gasteiger partial charge in [0.05, 0.1) is 6.17 Å². The van der Waals surface area contributed by atoms with Crippen molar-refractivity contribution in [3.8, 4) is 0 Å². The molecule has 0 radical (unpaired) electrons. The maximum absolute atomic E-state index is 7.21. The second-order valence-electron chi connectivity index (χ2n) is 10.5. The molecule has 34 heavy (non-hydrogen) atoms. The van der Waals surface area contributed by atoms with Gasteiger partial charge in [0.1, 0.15) is 0 Å². The van der Waals surface area contributed by atoms with E-state index in [0.717, 1.165) is 50.0 Å². The van der Waals surface area contributed by atoms with E-state index >= 15 is 0 Å². The number of allylic oxidation sites excluding steroid dienone is 1. The molecule has 1 heterocycles. The van der Waals surface area contributed by atoms with Gasteiger partial charge in [0, 0.05) is 40.6 Å². The first-order chi connectivity index (χ1) is 15.9. The van der Waals surface area contributed by atoms with Gasteiger partial charge >= 0.3 is 0 Å². The SMILES string of the molecule is CCCC1=C(C(SCC(C(C)N)C(N)CC)C(C(N)N)C(N)(CCC(C)CN)C(C)N)SCC1. The van der Waals surface area contributed by atoms with Gasteiger partial charge in [-0.2, -0.15) is 11.8 Å². The Morgan fingerprint density at radius 2 is 1.71 bits per heavy atom. The van der Waals surface area contributed by atoms with E-state index in [4.69, 9.17) is 40.1 Å². The monoisotopic (exact) mass is 517 g/mol. The largest absolute Gasteiger partial charge is 0.330 e. The molecule has 14 N–H and O–H groups in total. The van der Waals surface area contributed by atoms with Gasteiger partial charge in [-0.15, -0.1) is 11.8 Å². The van der Waals surface area contributed by atoms with Crippen molar-refractivity contribution in [3.63, 3.8) is 0 Å². The van der Waals surface area contributed by atoms with E-state index in [1.807, 2.05) is 30.4 Å². The molecule has 0 saturated carbocycles. The minimum Gasteiger partial charge on any atom is -0.330 e. The molecule has 0 bridgehead atoms. The highest BCUT2D eigenvalue weighted by atomic mass is 32.2. The number of nitrogens with two attached hydrogens (primary N) is 7. The van der Waals surface area contributed by atoms with Gasteiger partial charge in [-0.25, -0.2) is 0 Å². The molecule has 202 valence electrons. The highest BCUT2D eigenvalue weighted by Gasteiger charge is 2.47. The molecule has 1 rings (SSSR count). The summed E-state index contributed by atoms with van der Waals surface area (Å²) in [6.07, 6.45) is 5.27. The van der Waals surface area contributed by atoms with Gasteiger partial charge < -0.3 is 40.1 Å². The summed E-state index contributed by atoms with van der Waals surface area (Å²) in [6, 6.07) is -0.196. The highest BCUT2D eigenvalue weighted by molar-refractivity contribution is 8.06. The summed E-state index contributed by atoms with van der Waals surface area (Å²) in [5.74, 6) is 2.33. The third-order valence-corrected chi connectivity index (χ3v) is 10.5. The van der Waals surface area contributed by atoms with Crippen LogP contribution in [0.25, 0.3) is 0 Å². The molecule has 7 nitrogen and oxygen atoms in total. The van der Waals surface area contributed by atoms with Gasteiger partial charge in [0.2, 0.25) is 0 Å². The normalized spacial score (nSPS) is 22.9. The Morgan fingerprint density at radius 1 is 1.06 bits per heavy atom. The Kier molecular flexibility index (Phi) is 14.6. The predicted molar refractivity (Wildman–Crippen MR) is 154 cm³/mol. The minimum atomic E-state index is -0.709. The average Bonchev–Trinajstić information content (AvgIpc) is 3.23. The standard InChI is InChI=1S/C25H55N7S2/c1-6-8-18-10-12-33-22(18)23(34-14-19(16(4)27)20(29)7-2)21(24(30)31)25(32,17(5)28)11-9-15(3)13-26/h15-17,19-21,23-24H,6-14,26-32H2,1-5H3. The fourth-order valence-electron chi connectivity index (χ4n) is 5.02. The molecule has 0 saturated heterocycles. The Labute approximate surface area is 217 Å². The lowest BCUT2D eigenvalue weighted by molar-refractivity contribution is 0.180. The second kappa shape index (κ2) is 15.4. The number of hydrogen-bond acceptors (Lipinski definition) is 9. The Hall–Kier alpha value is 0.160. The molecule has 0 fully saturated rings. The first-order valence-electron chi connectivity index (χ1n) is 13.2.